The van der Waals surface area contributed by atoms with Gasteiger partial charge in [-0.25, -0.2) is 4.79 Å². The van der Waals surface area contributed by atoms with Gasteiger partial charge in [0.25, 0.3) is 0 Å². The number of aromatic nitrogens is 1. The minimum atomic E-state index is -0.407. The van der Waals surface area contributed by atoms with Crippen LogP contribution in [0.15, 0.2) is 18.2 Å². The molecule has 0 bridgehead atoms. The van der Waals surface area contributed by atoms with Crippen LogP contribution in [-0.2, 0) is 4.74 Å². The van der Waals surface area contributed by atoms with E-state index in [1.54, 1.807) is 6.07 Å². The molecule has 1 N–H and O–H groups in total. The molecule has 5 heteroatoms. The van der Waals surface area contributed by atoms with Gasteiger partial charge in [-0.15, -0.1) is 0 Å². The molecule has 1 aromatic carbocycles. The van der Waals surface area contributed by atoms with Crippen molar-refractivity contribution in [1.82, 2.24) is 4.98 Å². The summed E-state index contributed by atoms with van der Waals surface area (Å²) in [4.78, 5) is 14.6. The molecule has 0 amide bonds. The van der Waals surface area contributed by atoms with Crippen LogP contribution in [-0.4, -0.2) is 30.8 Å². The molecule has 0 aliphatic heterocycles. The maximum absolute atomic E-state index is 11.6. The number of nitrogens with one attached hydrogen (secondary N) is 1. The Balaban J connectivity index is 2.52. The number of aromatic amines is 1. The monoisotopic (exact) mass is 277 g/mol. The fraction of sp³-hybridized carbons (Fsp3) is 0.400. The molecule has 0 unspecified atom stereocenters. The van der Waals surface area contributed by atoms with Gasteiger partial charge in [-0.3, -0.25) is 0 Å². The van der Waals surface area contributed by atoms with Gasteiger partial charge in [0.2, 0.25) is 0 Å². The molecule has 0 radical (unpaired) electrons. The molecule has 1 aromatic heterocycles. The summed E-state index contributed by atoms with van der Waals surface area (Å²) >= 11 is 0. The molecule has 0 aliphatic carbocycles. The van der Waals surface area contributed by atoms with E-state index in [4.69, 9.17) is 14.2 Å². The van der Waals surface area contributed by atoms with Crippen LogP contribution < -0.4 is 9.47 Å². The lowest BCUT2D eigenvalue weighted by atomic mass is 10.2. The molecule has 0 fully saturated rings. The number of H-pyrrole nitrogens is 1. The van der Waals surface area contributed by atoms with Gasteiger partial charge in [-0.05, 0) is 26.8 Å². The first-order chi connectivity index (χ1) is 9.55. The summed E-state index contributed by atoms with van der Waals surface area (Å²) < 4.78 is 16.0. The Hall–Kier alpha value is -2.17. The number of rotatable bonds is 5. The summed E-state index contributed by atoms with van der Waals surface area (Å²) in [5.74, 6) is 0.983. The van der Waals surface area contributed by atoms with Gasteiger partial charge in [-0.1, -0.05) is 0 Å². The van der Waals surface area contributed by atoms with Gasteiger partial charge in [0.1, 0.15) is 17.2 Å². The number of fused-ring (bicyclic) bond motifs is 1. The molecule has 0 atom stereocenters. The largest absolute Gasteiger partial charge is 0.493 e. The number of hydrogen-bond donors (Lipinski definition) is 1. The molecular formula is C15H19NO4. The molecule has 0 spiro atoms. The van der Waals surface area contributed by atoms with E-state index in [1.165, 1.54) is 7.11 Å². The lowest BCUT2D eigenvalue weighted by molar-refractivity contribution is 0.0595. The highest BCUT2D eigenvalue weighted by atomic mass is 16.5. The van der Waals surface area contributed by atoms with Crippen LogP contribution >= 0.6 is 0 Å². The molecule has 0 saturated carbocycles. The van der Waals surface area contributed by atoms with Crippen molar-refractivity contribution in [1.29, 1.82) is 0 Å². The first-order valence-electron chi connectivity index (χ1n) is 6.59. The van der Waals surface area contributed by atoms with Crippen molar-refractivity contribution >= 4 is 16.9 Å². The van der Waals surface area contributed by atoms with E-state index in [0.29, 0.717) is 23.8 Å². The van der Waals surface area contributed by atoms with E-state index in [-0.39, 0.29) is 6.10 Å². The number of carbonyl (C=O) groups excluding carboxylic acids is 1. The lowest BCUT2D eigenvalue weighted by Crippen LogP contribution is -2.05. The maximum atomic E-state index is 11.6. The van der Waals surface area contributed by atoms with Crippen LogP contribution in [0.3, 0.4) is 0 Å². The molecule has 5 nitrogen and oxygen atoms in total. The van der Waals surface area contributed by atoms with Gasteiger partial charge in [-0.2, -0.15) is 0 Å². The maximum Gasteiger partial charge on any atom is 0.354 e. The first kappa shape index (κ1) is 14.2. The van der Waals surface area contributed by atoms with E-state index in [1.807, 2.05) is 32.9 Å². The normalized spacial score (nSPS) is 10.8. The fourth-order valence-electron chi connectivity index (χ4n) is 2.01. The number of methoxy groups -OCH3 is 1. The summed E-state index contributed by atoms with van der Waals surface area (Å²) in [6, 6.07) is 5.41. The minimum Gasteiger partial charge on any atom is -0.493 e. The topological polar surface area (TPSA) is 60.5 Å². The molecule has 0 aliphatic rings. The second-order valence-electron chi connectivity index (χ2n) is 4.66. The Morgan fingerprint density at radius 3 is 2.65 bits per heavy atom. The molecule has 108 valence electrons. The van der Waals surface area contributed by atoms with Crippen LogP contribution in [0.4, 0.5) is 0 Å². The fourth-order valence-corrected chi connectivity index (χ4v) is 2.01. The Kier molecular flexibility index (Phi) is 4.17. The van der Waals surface area contributed by atoms with Crippen molar-refractivity contribution < 1.29 is 19.0 Å². The third kappa shape index (κ3) is 2.87. The van der Waals surface area contributed by atoms with Crippen molar-refractivity contribution in [3.8, 4) is 11.5 Å². The highest BCUT2D eigenvalue weighted by molar-refractivity contribution is 5.97. The summed E-state index contributed by atoms with van der Waals surface area (Å²) in [7, 11) is 1.35. The Bertz CT molecular complexity index is 616. The van der Waals surface area contributed by atoms with E-state index < -0.39 is 5.97 Å². The van der Waals surface area contributed by atoms with Gasteiger partial charge in [0.15, 0.2) is 0 Å². The van der Waals surface area contributed by atoms with Crippen molar-refractivity contribution in [2.45, 2.75) is 26.9 Å². The standard InChI is InChI=1S/C15H19NO4/c1-5-19-14-7-10(20-9(2)3)6-12-11(14)8-13(16-12)15(17)18-4/h6-9,16H,5H2,1-4H3. The summed E-state index contributed by atoms with van der Waals surface area (Å²) in [5.41, 5.74) is 1.18. The van der Waals surface area contributed by atoms with Gasteiger partial charge >= 0.3 is 5.97 Å². The molecule has 20 heavy (non-hydrogen) atoms. The Labute approximate surface area is 117 Å². The lowest BCUT2D eigenvalue weighted by Gasteiger charge is -2.12. The average Bonchev–Trinajstić information content (AvgIpc) is 2.81. The second-order valence-corrected chi connectivity index (χ2v) is 4.66. The summed E-state index contributed by atoms with van der Waals surface area (Å²) in [6.45, 7) is 6.37. The number of ether oxygens (including phenoxy) is 3. The van der Waals surface area contributed by atoms with E-state index in [2.05, 4.69) is 4.98 Å². The Morgan fingerprint density at radius 1 is 1.30 bits per heavy atom. The van der Waals surface area contributed by atoms with E-state index in [9.17, 15) is 4.79 Å². The van der Waals surface area contributed by atoms with E-state index in [0.717, 1.165) is 10.9 Å². The van der Waals surface area contributed by atoms with Crippen LogP contribution in [0.25, 0.3) is 10.9 Å². The van der Waals surface area contributed by atoms with Gasteiger partial charge in [0.05, 0.1) is 25.3 Å². The predicted molar refractivity (Wildman–Crippen MR) is 76.6 cm³/mol. The quantitative estimate of drug-likeness (QED) is 0.853. The minimum absolute atomic E-state index is 0.0666. The summed E-state index contributed by atoms with van der Waals surface area (Å²) in [6.07, 6.45) is 0.0666. The number of hydrogen-bond acceptors (Lipinski definition) is 4. The molecule has 0 saturated heterocycles. The van der Waals surface area contributed by atoms with Crippen molar-refractivity contribution in [2.24, 2.45) is 0 Å². The zero-order valence-electron chi connectivity index (χ0n) is 12.1. The molecular weight excluding hydrogens is 258 g/mol. The van der Waals surface area contributed by atoms with Crippen LogP contribution in [0, 0.1) is 0 Å². The molecule has 1 heterocycles. The van der Waals surface area contributed by atoms with E-state index >= 15 is 0 Å². The predicted octanol–water partition coefficient (Wildman–Crippen LogP) is 3.14. The number of esters is 1. The number of carbonyl (C=O) groups is 1. The highest BCUT2D eigenvalue weighted by Gasteiger charge is 2.14. The zero-order valence-corrected chi connectivity index (χ0v) is 12.1. The second kappa shape index (κ2) is 5.86. The number of benzene rings is 1. The third-order valence-corrected chi connectivity index (χ3v) is 2.75. The summed E-state index contributed by atoms with van der Waals surface area (Å²) in [5, 5.41) is 0.836. The molecule has 2 aromatic rings. The molecule has 2 rings (SSSR count). The van der Waals surface area contributed by atoms with Crippen LogP contribution in [0.1, 0.15) is 31.3 Å². The van der Waals surface area contributed by atoms with Gasteiger partial charge < -0.3 is 19.2 Å². The average molecular weight is 277 g/mol. The van der Waals surface area contributed by atoms with Crippen LogP contribution in [0.2, 0.25) is 0 Å². The van der Waals surface area contributed by atoms with Crippen molar-refractivity contribution in [3.63, 3.8) is 0 Å². The SMILES string of the molecule is CCOc1cc(OC(C)C)cc2[nH]c(C(=O)OC)cc12. The zero-order chi connectivity index (χ0) is 14.7. The van der Waals surface area contributed by atoms with Crippen molar-refractivity contribution in [2.75, 3.05) is 13.7 Å². The van der Waals surface area contributed by atoms with Crippen molar-refractivity contribution in [3.05, 3.63) is 23.9 Å². The Morgan fingerprint density at radius 2 is 2.05 bits per heavy atom. The first-order valence-corrected chi connectivity index (χ1v) is 6.59. The third-order valence-electron chi connectivity index (χ3n) is 2.75. The van der Waals surface area contributed by atoms with Gasteiger partial charge in [0, 0.05) is 17.5 Å². The highest BCUT2D eigenvalue weighted by Crippen LogP contribution is 2.32. The smallest absolute Gasteiger partial charge is 0.354 e. The van der Waals surface area contributed by atoms with Crippen LogP contribution in [0.5, 0.6) is 11.5 Å².